The van der Waals surface area contributed by atoms with Crippen LogP contribution in [0.25, 0.3) is 0 Å². The van der Waals surface area contributed by atoms with Gasteiger partial charge in [-0.15, -0.1) is 0 Å². The van der Waals surface area contributed by atoms with Crippen LogP contribution in [0.2, 0.25) is 10.0 Å². The van der Waals surface area contributed by atoms with Gasteiger partial charge in [-0.05, 0) is 37.6 Å². The number of aryl methyl sites for hydroxylation is 1. The summed E-state index contributed by atoms with van der Waals surface area (Å²) in [5.74, 6) is -0.618. The molecule has 0 aliphatic heterocycles. The van der Waals surface area contributed by atoms with Crippen molar-refractivity contribution in [1.82, 2.24) is 4.31 Å². The molecule has 0 saturated carbocycles. The number of nitro groups is 1. The Balaban J connectivity index is 2.30. The third-order valence-electron chi connectivity index (χ3n) is 4.01. The second-order valence-electron chi connectivity index (χ2n) is 6.22. The first-order valence-corrected chi connectivity index (χ1v) is 10.8. The van der Waals surface area contributed by atoms with Gasteiger partial charge in [-0.3, -0.25) is 14.9 Å². The van der Waals surface area contributed by atoms with Gasteiger partial charge in [0.25, 0.3) is 5.69 Å². The normalized spacial score (nSPS) is 11.5. The van der Waals surface area contributed by atoms with Crippen LogP contribution in [0, 0.1) is 17.0 Å². The summed E-state index contributed by atoms with van der Waals surface area (Å²) in [6.45, 7) is 2.84. The van der Waals surface area contributed by atoms with Gasteiger partial charge < -0.3 is 5.32 Å². The SMILES string of the molecule is CCCN(CC(=O)Nc1cc(Cl)ccc1Cl)S(=O)(=O)c1ccc(C)c([N+](=O)[O-])c1. The van der Waals surface area contributed by atoms with Crippen molar-refractivity contribution in [2.24, 2.45) is 0 Å². The highest BCUT2D eigenvalue weighted by atomic mass is 35.5. The third-order valence-corrected chi connectivity index (χ3v) is 6.42. The highest BCUT2D eigenvalue weighted by molar-refractivity contribution is 7.89. The zero-order valence-corrected chi connectivity index (χ0v) is 18.0. The molecule has 0 fully saturated rings. The Bertz CT molecular complexity index is 1040. The van der Waals surface area contributed by atoms with Gasteiger partial charge in [-0.1, -0.05) is 36.2 Å². The molecule has 0 aliphatic rings. The molecule has 0 bridgehead atoms. The molecule has 8 nitrogen and oxygen atoms in total. The molecular weight excluding hydrogens is 441 g/mol. The summed E-state index contributed by atoms with van der Waals surface area (Å²) in [4.78, 5) is 22.7. The smallest absolute Gasteiger partial charge is 0.273 e. The standard InChI is InChI=1S/C18H19Cl2N3O5S/c1-3-8-22(11-18(24)21-16-9-13(19)5-7-15(16)20)29(27,28)14-6-4-12(2)17(10-14)23(25)26/h4-7,9-10H,3,8,11H2,1-2H3,(H,21,24). The molecule has 0 unspecified atom stereocenters. The van der Waals surface area contributed by atoms with Crippen LogP contribution in [0.4, 0.5) is 11.4 Å². The van der Waals surface area contributed by atoms with Gasteiger partial charge in [-0.2, -0.15) is 4.31 Å². The maximum absolute atomic E-state index is 13.0. The molecule has 1 amide bonds. The van der Waals surface area contributed by atoms with Crippen LogP contribution in [-0.2, 0) is 14.8 Å². The molecule has 0 spiro atoms. The van der Waals surface area contributed by atoms with Gasteiger partial charge in [0.2, 0.25) is 15.9 Å². The fourth-order valence-corrected chi connectivity index (χ4v) is 4.42. The van der Waals surface area contributed by atoms with Crippen LogP contribution in [0.1, 0.15) is 18.9 Å². The van der Waals surface area contributed by atoms with E-state index in [0.717, 1.165) is 10.4 Å². The molecule has 0 radical (unpaired) electrons. The maximum Gasteiger partial charge on any atom is 0.273 e. The number of carbonyl (C=O) groups excluding carboxylic acids is 1. The van der Waals surface area contributed by atoms with Crippen molar-refractivity contribution < 1.29 is 18.1 Å². The van der Waals surface area contributed by atoms with Crippen molar-refractivity contribution >= 4 is 50.5 Å². The summed E-state index contributed by atoms with van der Waals surface area (Å²) in [6, 6.07) is 8.15. The minimum atomic E-state index is -4.13. The number of halogens is 2. The van der Waals surface area contributed by atoms with Crippen molar-refractivity contribution in [3.05, 3.63) is 62.1 Å². The molecule has 2 rings (SSSR count). The van der Waals surface area contributed by atoms with Crippen LogP contribution < -0.4 is 5.32 Å². The van der Waals surface area contributed by atoms with Crippen molar-refractivity contribution in [3.63, 3.8) is 0 Å². The van der Waals surface area contributed by atoms with Crippen LogP contribution in [0.15, 0.2) is 41.3 Å². The van der Waals surface area contributed by atoms with E-state index in [1.807, 2.05) is 0 Å². The largest absolute Gasteiger partial charge is 0.324 e. The predicted octanol–water partition coefficient (Wildman–Crippen LogP) is 4.25. The first-order valence-electron chi connectivity index (χ1n) is 8.56. The number of hydrogen-bond donors (Lipinski definition) is 1. The maximum atomic E-state index is 13.0. The van der Waals surface area contributed by atoms with Crippen molar-refractivity contribution in [2.75, 3.05) is 18.4 Å². The highest BCUT2D eigenvalue weighted by Gasteiger charge is 2.28. The first-order chi connectivity index (χ1) is 13.6. The zero-order chi connectivity index (χ0) is 21.8. The van der Waals surface area contributed by atoms with Gasteiger partial charge in [0.1, 0.15) is 0 Å². The Kier molecular flexibility index (Phi) is 7.59. The molecule has 0 atom stereocenters. The lowest BCUT2D eigenvalue weighted by Gasteiger charge is -2.21. The second kappa shape index (κ2) is 9.53. The fraction of sp³-hybridized carbons (Fsp3) is 0.278. The average molecular weight is 460 g/mol. The lowest BCUT2D eigenvalue weighted by molar-refractivity contribution is -0.385. The summed E-state index contributed by atoms with van der Waals surface area (Å²) in [6.07, 6.45) is 0.443. The molecule has 2 aromatic carbocycles. The van der Waals surface area contributed by atoms with Gasteiger partial charge in [-0.25, -0.2) is 8.42 Å². The predicted molar refractivity (Wildman–Crippen MR) is 112 cm³/mol. The molecule has 0 heterocycles. The van der Waals surface area contributed by atoms with Crippen molar-refractivity contribution in [2.45, 2.75) is 25.2 Å². The average Bonchev–Trinajstić information content (AvgIpc) is 2.64. The van der Waals surface area contributed by atoms with E-state index >= 15 is 0 Å². The molecule has 156 valence electrons. The Morgan fingerprint density at radius 2 is 1.90 bits per heavy atom. The number of nitrogens with one attached hydrogen (secondary N) is 1. The number of nitro benzene ring substituents is 1. The molecule has 29 heavy (non-hydrogen) atoms. The third kappa shape index (κ3) is 5.66. The van der Waals surface area contributed by atoms with E-state index < -0.39 is 27.4 Å². The molecular formula is C18H19Cl2N3O5S. The Morgan fingerprint density at radius 3 is 2.52 bits per heavy atom. The Morgan fingerprint density at radius 1 is 1.21 bits per heavy atom. The van der Waals surface area contributed by atoms with Crippen molar-refractivity contribution in [1.29, 1.82) is 0 Å². The quantitative estimate of drug-likeness (QED) is 0.468. The number of sulfonamides is 1. The van der Waals surface area contributed by atoms with E-state index in [9.17, 15) is 23.3 Å². The van der Waals surface area contributed by atoms with Crippen LogP contribution in [-0.4, -0.2) is 36.6 Å². The number of anilines is 1. The number of carbonyl (C=O) groups is 1. The van der Waals surface area contributed by atoms with E-state index in [4.69, 9.17) is 23.2 Å². The minimum absolute atomic E-state index is 0.0563. The van der Waals surface area contributed by atoms with Gasteiger partial charge in [0.05, 0.1) is 27.1 Å². The fourth-order valence-electron chi connectivity index (χ4n) is 2.57. The van der Waals surface area contributed by atoms with Crippen LogP contribution >= 0.6 is 23.2 Å². The van der Waals surface area contributed by atoms with E-state index in [1.165, 1.54) is 31.2 Å². The molecule has 0 aliphatic carbocycles. The molecule has 2 aromatic rings. The lowest BCUT2D eigenvalue weighted by Crippen LogP contribution is -2.38. The second-order valence-corrected chi connectivity index (χ2v) is 9.00. The summed E-state index contributed by atoms with van der Waals surface area (Å²) in [7, 11) is -4.13. The lowest BCUT2D eigenvalue weighted by atomic mass is 10.2. The number of amides is 1. The Hall–Kier alpha value is -2.20. The summed E-state index contributed by atoms with van der Waals surface area (Å²) in [5, 5.41) is 14.3. The zero-order valence-electron chi connectivity index (χ0n) is 15.7. The minimum Gasteiger partial charge on any atom is -0.324 e. The monoisotopic (exact) mass is 459 g/mol. The van der Waals surface area contributed by atoms with Crippen LogP contribution in [0.3, 0.4) is 0 Å². The summed E-state index contributed by atoms with van der Waals surface area (Å²) >= 11 is 11.9. The molecule has 1 N–H and O–H groups in total. The molecule has 0 aromatic heterocycles. The number of rotatable bonds is 8. The molecule has 11 heteroatoms. The number of hydrogen-bond acceptors (Lipinski definition) is 5. The number of benzene rings is 2. The summed E-state index contributed by atoms with van der Waals surface area (Å²) in [5.41, 5.74) is 0.283. The van der Waals surface area contributed by atoms with E-state index in [0.29, 0.717) is 17.0 Å². The van der Waals surface area contributed by atoms with Crippen LogP contribution in [0.5, 0.6) is 0 Å². The Labute approximate surface area is 178 Å². The van der Waals surface area contributed by atoms with E-state index in [-0.39, 0.29) is 27.8 Å². The van der Waals surface area contributed by atoms with Gasteiger partial charge in [0, 0.05) is 23.2 Å². The molecule has 0 saturated heterocycles. The topological polar surface area (TPSA) is 110 Å². The van der Waals surface area contributed by atoms with Gasteiger partial charge >= 0.3 is 0 Å². The van der Waals surface area contributed by atoms with Crippen molar-refractivity contribution in [3.8, 4) is 0 Å². The van der Waals surface area contributed by atoms with E-state index in [1.54, 1.807) is 13.0 Å². The summed E-state index contributed by atoms with van der Waals surface area (Å²) < 4.78 is 27.0. The first kappa shape index (κ1) is 23.1. The van der Waals surface area contributed by atoms with E-state index in [2.05, 4.69) is 5.32 Å². The van der Waals surface area contributed by atoms with Gasteiger partial charge in [0.15, 0.2) is 0 Å². The highest BCUT2D eigenvalue weighted by Crippen LogP contribution is 2.27. The number of nitrogens with zero attached hydrogens (tertiary/aromatic N) is 2.